The highest BCUT2D eigenvalue weighted by atomic mass is 35.5. The first-order chi connectivity index (χ1) is 15.3. The third-order valence-corrected chi connectivity index (χ3v) is 7.75. The lowest BCUT2D eigenvalue weighted by Gasteiger charge is -2.31. The van der Waals surface area contributed by atoms with Crippen LogP contribution in [0.3, 0.4) is 0 Å². The summed E-state index contributed by atoms with van der Waals surface area (Å²) in [6, 6.07) is 12.0. The fourth-order valence-electron chi connectivity index (χ4n) is 3.51. The molecule has 0 bridgehead atoms. The van der Waals surface area contributed by atoms with Gasteiger partial charge in [-0.2, -0.15) is 0 Å². The second-order valence-electron chi connectivity index (χ2n) is 7.47. The van der Waals surface area contributed by atoms with E-state index in [9.17, 15) is 13.2 Å². The third-order valence-electron chi connectivity index (χ3n) is 5.27. The fraction of sp³-hybridized carbons (Fsp3) is 0.409. The van der Waals surface area contributed by atoms with Gasteiger partial charge in [0.05, 0.1) is 25.3 Å². The molecule has 3 rings (SSSR count). The van der Waals surface area contributed by atoms with Crippen molar-refractivity contribution < 1.29 is 22.7 Å². The van der Waals surface area contributed by atoms with Gasteiger partial charge in [0.25, 0.3) is 0 Å². The van der Waals surface area contributed by atoms with Gasteiger partial charge in [-0.15, -0.1) is 0 Å². The topological polar surface area (TPSA) is 84.9 Å². The molecule has 32 heavy (non-hydrogen) atoms. The number of benzene rings is 2. The largest absolute Gasteiger partial charge is 0.497 e. The summed E-state index contributed by atoms with van der Waals surface area (Å²) in [5, 5.41) is 3.45. The summed E-state index contributed by atoms with van der Waals surface area (Å²) < 4.78 is 37.9. The molecule has 1 saturated heterocycles. The van der Waals surface area contributed by atoms with Crippen molar-refractivity contribution in [3.63, 3.8) is 0 Å². The molecule has 0 radical (unpaired) electrons. The second-order valence-corrected chi connectivity index (χ2v) is 10.3. The number of carbonyl (C=O) groups is 1. The van der Waals surface area contributed by atoms with Crippen LogP contribution in [-0.2, 0) is 20.6 Å². The molecule has 7 nitrogen and oxygen atoms in total. The summed E-state index contributed by atoms with van der Waals surface area (Å²) in [6.45, 7) is 1.13. The number of carbonyl (C=O) groups excluding carboxylic acids is 1. The average Bonchev–Trinajstić information content (AvgIpc) is 2.79. The molecule has 2 aromatic carbocycles. The van der Waals surface area contributed by atoms with Crippen LogP contribution in [0.2, 0.25) is 10.0 Å². The predicted octanol–water partition coefficient (Wildman–Crippen LogP) is 3.74. The first-order valence-corrected chi connectivity index (χ1v) is 12.6. The number of amides is 1. The monoisotopic (exact) mass is 500 g/mol. The zero-order valence-electron chi connectivity index (χ0n) is 17.7. The molecule has 1 amide bonds. The highest BCUT2D eigenvalue weighted by Crippen LogP contribution is 2.29. The molecule has 1 atom stereocenters. The summed E-state index contributed by atoms with van der Waals surface area (Å²) >= 11 is 12.3. The smallest absolute Gasteiger partial charge is 0.224 e. The van der Waals surface area contributed by atoms with Crippen molar-refractivity contribution in [3.8, 4) is 11.5 Å². The zero-order chi connectivity index (χ0) is 23.1. The predicted molar refractivity (Wildman–Crippen MR) is 125 cm³/mol. The van der Waals surface area contributed by atoms with Gasteiger partial charge < -0.3 is 14.8 Å². The Labute approximate surface area is 198 Å². The van der Waals surface area contributed by atoms with E-state index in [0.717, 1.165) is 5.75 Å². The number of hydrogen-bond donors (Lipinski definition) is 1. The number of nitrogens with zero attached hydrogens (tertiary/aromatic N) is 1. The average molecular weight is 501 g/mol. The van der Waals surface area contributed by atoms with Gasteiger partial charge in [-0.25, -0.2) is 12.7 Å². The summed E-state index contributed by atoms with van der Waals surface area (Å²) in [6.07, 6.45) is 1.24. The molecular formula is C22H26Cl2N2O5S. The van der Waals surface area contributed by atoms with Crippen molar-refractivity contribution in [2.75, 3.05) is 33.4 Å². The summed E-state index contributed by atoms with van der Waals surface area (Å²) in [5.41, 5.74) is 0.373. The molecule has 0 aromatic heterocycles. The zero-order valence-corrected chi connectivity index (χ0v) is 20.0. The van der Waals surface area contributed by atoms with Gasteiger partial charge >= 0.3 is 0 Å². The lowest BCUT2D eigenvalue weighted by molar-refractivity contribution is -0.126. The molecule has 174 valence electrons. The number of piperidine rings is 1. The molecular weight excluding hydrogens is 475 g/mol. The maximum absolute atomic E-state index is 12.9. The van der Waals surface area contributed by atoms with Crippen LogP contribution in [0.4, 0.5) is 0 Å². The van der Waals surface area contributed by atoms with Crippen LogP contribution in [0.5, 0.6) is 11.5 Å². The van der Waals surface area contributed by atoms with E-state index in [2.05, 4.69) is 5.32 Å². The van der Waals surface area contributed by atoms with Gasteiger partial charge in [-0.1, -0.05) is 29.3 Å². The van der Waals surface area contributed by atoms with Crippen LogP contribution in [0.15, 0.2) is 42.5 Å². The lowest BCUT2D eigenvalue weighted by Crippen LogP contribution is -2.46. The number of sulfonamides is 1. The Hall–Kier alpha value is -2.00. The van der Waals surface area contributed by atoms with E-state index in [1.807, 2.05) is 0 Å². The Morgan fingerprint density at radius 3 is 2.44 bits per heavy atom. The maximum atomic E-state index is 12.9. The van der Waals surface area contributed by atoms with Crippen molar-refractivity contribution in [1.29, 1.82) is 0 Å². The van der Waals surface area contributed by atoms with Crippen molar-refractivity contribution >= 4 is 39.1 Å². The molecule has 0 aliphatic carbocycles. The highest BCUT2D eigenvalue weighted by molar-refractivity contribution is 7.88. The van der Waals surface area contributed by atoms with Gasteiger partial charge in [-0.3, -0.25) is 4.79 Å². The summed E-state index contributed by atoms with van der Waals surface area (Å²) in [5.74, 6) is 0.517. The van der Waals surface area contributed by atoms with Crippen molar-refractivity contribution in [1.82, 2.24) is 9.62 Å². The Bertz CT molecular complexity index is 1010. The van der Waals surface area contributed by atoms with Gasteiger partial charge in [-0.05, 0) is 49.2 Å². The lowest BCUT2D eigenvalue weighted by atomic mass is 9.99. The standard InChI is InChI=1S/C22H26Cl2N2O5S/c1-30-17-7-9-18(10-8-17)31-13-11-25-22(27)16-4-3-12-26(14-16)32(28,29)15-19-20(23)5-2-6-21(19)24/h2,5-10,16H,3-4,11-15H2,1H3,(H,25,27)/t16-/m0/s1. The molecule has 1 fully saturated rings. The number of nitrogens with one attached hydrogen (secondary N) is 1. The van der Waals surface area contributed by atoms with Crippen molar-refractivity contribution in [2.24, 2.45) is 5.92 Å². The quantitative estimate of drug-likeness (QED) is 0.530. The third kappa shape index (κ3) is 6.51. The maximum Gasteiger partial charge on any atom is 0.224 e. The van der Waals surface area contributed by atoms with Crippen molar-refractivity contribution in [2.45, 2.75) is 18.6 Å². The van der Waals surface area contributed by atoms with Gasteiger partial charge in [0, 0.05) is 28.7 Å². The molecule has 1 heterocycles. The van der Waals surface area contributed by atoms with Crippen LogP contribution in [0.1, 0.15) is 18.4 Å². The van der Waals surface area contributed by atoms with E-state index in [0.29, 0.717) is 53.9 Å². The van der Waals surface area contributed by atoms with Crippen LogP contribution in [0, 0.1) is 5.92 Å². The first kappa shape index (κ1) is 24.6. The molecule has 10 heteroatoms. The minimum absolute atomic E-state index is 0.134. The number of rotatable bonds is 9. The molecule has 0 unspecified atom stereocenters. The van der Waals surface area contributed by atoms with Crippen LogP contribution in [0.25, 0.3) is 0 Å². The highest BCUT2D eigenvalue weighted by Gasteiger charge is 2.33. The van der Waals surface area contributed by atoms with Crippen LogP contribution >= 0.6 is 23.2 Å². The Kier molecular flexibility index (Phi) is 8.64. The fourth-order valence-corrected chi connectivity index (χ4v) is 5.87. The van der Waals surface area contributed by atoms with E-state index in [-0.39, 0.29) is 18.2 Å². The van der Waals surface area contributed by atoms with Crippen molar-refractivity contribution in [3.05, 3.63) is 58.1 Å². The normalized spacial score (nSPS) is 17.0. The van der Waals surface area contributed by atoms with Gasteiger partial charge in [0.15, 0.2) is 0 Å². The van der Waals surface area contributed by atoms with E-state index in [1.165, 1.54) is 4.31 Å². The van der Waals surface area contributed by atoms with Crippen LogP contribution < -0.4 is 14.8 Å². The summed E-state index contributed by atoms with van der Waals surface area (Å²) in [4.78, 5) is 12.6. The molecule has 0 spiro atoms. The molecule has 2 aromatic rings. The van der Waals surface area contributed by atoms with E-state index in [4.69, 9.17) is 32.7 Å². The van der Waals surface area contributed by atoms with Gasteiger partial charge in [0.2, 0.25) is 15.9 Å². The van der Waals surface area contributed by atoms with Crippen LogP contribution in [-0.4, -0.2) is 52.0 Å². The molecule has 1 N–H and O–H groups in total. The molecule has 1 aliphatic heterocycles. The minimum Gasteiger partial charge on any atom is -0.497 e. The Balaban J connectivity index is 1.50. The molecule has 0 saturated carbocycles. The summed E-state index contributed by atoms with van der Waals surface area (Å²) in [7, 11) is -2.07. The number of methoxy groups -OCH3 is 1. The molecule has 1 aliphatic rings. The van der Waals surface area contributed by atoms with Gasteiger partial charge in [0.1, 0.15) is 18.1 Å². The number of halogens is 2. The first-order valence-electron chi connectivity index (χ1n) is 10.3. The second kappa shape index (κ2) is 11.2. The van der Waals surface area contributed by atoms with E-state index >= 15 is 0 Å². The Morgan fingerprint density at radius 2 is 1.78 bits per heavy atom. The number of ether oxygens (including phenoxy) is 2. The SMILES string of the molecule is COc1ccc(OCCNC(=O)[C@H]2CCCN(S(=O)(=O)Cc3c(Cl)cccc3Cl)C2)cc1. The Morgan fingerprint density at radius 1 is 1.12 bits per heavy atom. The van der Waals surface area contributed by atoms with E-state index in [1.54, 1.807) is 49.6 Å². The number of hydrogen-bond acceptors (Lipinski definition) is 5. The minimum atomic E-state index is -3.67. The van der Waals surface area contributed by atoms with E-state index < -0.39 is 15.9 Å².